The summed E-state index contributed by atoms with van der Waals surface area (Å²) < 4.78 is 15.8. The Morgan fingerprint density at radius 1 is 0.889 bits per heavy atom. The minimum atomic E-state index is -1.73. The first-order chi connectivity index (χ1) is 17.3. The van der Waals surface area contributed by atoms with Crippen molar-refractivity contribution in [3.63, 3.8) is 0 Å². The molecule has 4 amide bonds. The predicted octanol–water partition coefficient (Wildman–Crippen LogP) is 1.85. The first-order valence-corrected chi connectivity index (χ1v) is 11.7. The molecule has 2 N–H and O–H groups in total. The van der Waals surface area contributed by atoms with Crippen LogP contribution >= 0.6 is 11.6 Å². The summed E-state index contributed by atoms with van der Waals surface area (Å²) in [5.74, 6) is -0.347. The average Bonchev–Trinajstić information content (AvgIpc) is 3.26. The van der Waals surface area contributed by atoms with Crippen LogP contribution in [-0.2, 0) is 24.6 Å². The Kier molecular flexibility index (Phi) is 6.52. The molecule has 0 bridgehead atoms. The number of barbiturate groups is 1. The first-order valence-electron chi connectivity index (χ1n) is 11.4. The van der Waals surface area contributed by atoms with Gasteiger partial charge in [-0.15, -0.1) is 0 Å². The van der Waals surface area contributed by atoms with Gasteiger partial charge in [0.2, 0.25) is 5.54 Å². The maximum absolute atomic E-state index is 13.3. The van der Waals surface area contributed by atoms with Crippen molar-refractivity contribution in [1.29, 1.82) is 0 Å². The smallest absolute Gasteiger partial charge is 0.457 e. The summed E-state index contributed by atoms with van der Waals surface area (Å²) in [7, 11) is 0. The normalized spacial score (nSPS) is 22.4. The van der Waals surface area contributed by atoms with Crippen LogP contribution in [-0.4, -0.2) is 79.2 Å². The third-order valence-corrected chi connectivity index (χ3v) is 6.64. The quantitative estimate of drug-likeness (QED) is 0.438. The number of piperazine rings is 1. The van der Waals surface area contributed by atoms with Crippen LogP contribution in [0.3, 0.4) is 0 Å². The van der Waals surface area contributed by atoms with E-state index in [2.05, 4.69) is 15.5 Å². The highest BCUT2D eigenvalue weighted by Crippen LogP contribution is 2.34. The number of ether oxygens (including phenoxy) is 3. The monoisotopic (exact) mass is 514 g/mol. The predicted molar refractivity (Wildman–Crippen MR) is 126 cm³/mol. The van der Waals surface area contributed by atoms with E-state index in [1.807, 2.05) is 0 Å². The Balaban J connectivity index is 1.36. The van der Waals surface area contributed by atoms with Crippen LogP contribution in [0.2, 0.25) is 5.02 Å². The molecule has 2 aromatic carbocycles. The molecule has 0 aromatic heterocycles. The fraction of sp³-hybridized carbons (Fsp3) is 0.333. The van der Waals surface area contributed by atoms with E-state index in [0.29, 0.717) is 54.8 Å². The number of hydrogen-bond donors (Lipinski definition) is 2. The number of rotatable bonds is 6. The lowest BCUT2D eigenvalue weighted by molar-refractivity contribution is -0.150. The molecule has 0 saturated carbocycles. The number of benzene rings is 2. The molecule has 3 aliphatic rings. The minimum Gasteiger partial charge on any atom is -0.457 e. The van der Waals surface area contributed by atoms with Crippen LogP contribution in [0, 0.1) is 0 Å². The lowest BCUT2D eigenvalue weighted by atomic mass is 9.84. The van der Waals surface area contributed by atoms with Crippen molar-refractivity contribution in [2.24, 2.45) is 0 Å². The van der Waals surface area contributed by atoms with E-state index < -0.39 is 29.5 Å². The van der Waals surface area contributed by atoms with Crippen LogP contribution < -0.4 is 15.4 Å². The van der Waals surface area contributed by atoms with Crippen LogP contribution in [0.5, 0.6) is 11.5 Å². The fourth-order valence-electron chi connectivity index (χ4n) is 4.67. The summed E-state index contributed by atoms with van der Waals surface area (Å²) in [4.78, 5) is 53.4. The minimum absolute atomic E-state index is 0.195. The molecule has 36 heavy (non-hydrogen) atoms. The van der Waals surface area contributed by atoms with Gasteiger partial charge in [-0.2, -0.15) is 0 Å². The van der Waals surface area contributed by atoms with Crippen LogP contribution in [0.4, 0.5) is 9.59 Å². The van der Waals surface area contributed by atoms with Gasteiger partial charge in [0.25, 0.3) is 11.8 Å². The second-order valence-electron chi connectivity index (χ2n) is 8.62. The molecule has 11 nitrogen and oxygen atoms in total. The number of nitrogens with zero attached hydrogens (tertiary/aromatic N) is 2. The number of hydrogen-bond acceptors (Lipinski definition) is 9. The van der Waals surface area contributed by atoms with E-state index in [1.54, 1.807) is 53.4 Å². The molecule has 3 heterocycles. The SMILES string of the molecule is O=C1NC(=O)C(c2ccc(Oc3ccc(Cl)cc3)cc2)(N2CCN(CC3COC(=O)O3)CC2)C(=O)N1. The van der Waals surface area contributed by atoms with E-state index >= 15 is 0 Å². The fourth-order valence-corrected chi connectivity index (χ4v) is 4.79. The molecule has 188 valence electrons. The number of urea groups is 1. The summed E-state index contributed by atoms with van der Waals surface area (Å²) in [6, 6.07) is 12.6. The van der Waals surface area contributed by atoms with Crippen molar-refractivity contribution in [2.75, 3.05) is 39.3 Å². The van der Waals surface area contributed by atoms with E-state index in [9.17, 15) is 19.2 Å². The highest BCUT2D eigenvalue weighted by molar-refractivity contribution is 6.30. The Labute approximate surface area is 211 Å². The Morgan fingerprint density at radius 2 is 1.47 bits per heavy atom. The molecule has 12 heteroatoms. The molecule has 3 saturated heterocycles. The third-order valence-electron chi connectivity index (χ3n) is 6.39. The van der Waals surface area contributed by atoms with Gasteiger partial charge >= 0.3 is 12.2 Å². The highest BCUT2D eigenvalue weighted by atomic mass is 35.5. The Morgan fingerprint density at radius 3 is 2.03 bits per heavy atom. The van der Waals surface area contributed by atoms with Crippen molar-refractivity contribution in [1.82, 2.24) is 20.4 Å². The molecule has 5 rings (SSSR count). The molecule has 3 aliphatic heterocycles. The molecular formula is C24H23ClN4O7. The summed E-state index contributed by atoms with van der Waals surface area (Å²) in [5, 5.41) is 5.08. The second-order valence-corrected chi connectivity index (χ2v) is 9.05. The number of halogens is 1. The summed E-state index contributed by atoms with van der Waals surface area (Å²) in [6.45, 7) is 2.43. The molecular weight excluding hydrogens is 492 g/mol. The van der Waals surface area contributed by atoms with Crippen LogP contribution in [0.15, 0.2) is 48.5 Å². The summed E-state index contributed by atoms with van der Waals surface area (Å²) >= 11 is 5.92. The first kappa shape index (κ1) is 24.0. The lowest BCUT2D eigenvalue weighted by Crippen LogP contribution is -2.73. The van der Waals surface area contributed by atoms with Gasteiger partial charge in [0, 0.05) is 37.7 Å². The van der Waals surface area contributed by atoms with E-state index in [4.69, 9.17) is 25.8 Å². The van der Waals surface area contributed by atoms with E-state index in [-0.39, 0.29) is 12.7 Å². The van der Waals surface area contributed by atoms with Gasteiger partial charge in [0.05, 0.1) is 0 Å². The number of carbonyl (C=O) groups is 4. The number of imide groups is 2. The standard InChI is InChI=1S/C24H23ClN4O7/c25-16-3-7-18(8-4-16)35-17-5-1-15(2-6-17)24(20(30)26-22(32)27-21(24)31)29-11-9-28(10-12-29)13-19-14-34-23(33)36-19/h1-8,19H,9-14H2,(H2,26,27,30,31,32). The summed E-state index contributed by atoms with van der Waals surface area (Å²) in [5.41, 5.74) is -1.33. The molecule has 1 unspecified atom stereocenters. The number of carbonyl (C=O) groups excluding carboxylic acids is 4. The van der Waals surface area contributed by atoms with Crippen molar-refractivity contribution < 1.29 is 33.4 Å². The van der Waals surface area contributed by atoms with Crippen LogP contribution in [0.25, 0.3) is 0 Å². The van der Waals surface area contributed by atoms with Gasteiger partial charge < -0.3 is 14.2 Å². The van der Waals surface area contributed by atoms with Gasteiger partial charge in [-0.3, -0.25) is 30.0 Å². The Bertz CT molecular complexity index is 1160. The Hall–Kier alpha value is -3.67. The van der Waals surface area contributed by atoms with Gasteiger partial charge in [-0.25, -0.2) is 9.59 Å². The zero-order chi connectivity index (χ0) is 25.3. The molecule has 2 aromatic rings. The molecule has 1 atom stereocenters. The largest absolute Gasteiger partial charge is 0.508 e. The molecule has 3 fully saturated rings. The topological polar surface area (TPSA) is 127 Å². The number of cyclic esters (lactones) is 2. The van der Waals surface area contributed by atoms with Gasteiger partial charge in [0.1, 0.15) is 18.1 Å². The molecule has 0 radical (unpaired) electrons. The van der Waals surface area contributed by atoms with Gasteiger partial charge in [-0.05, 0) is 42.0 Å². The van der Waals surface area contributed by atoms with Crippen molar-refractivity contribution in [3.8, 4) is 11.5 Å². The number of nitrogens with one attached hydrogen (secondary N) is 2. The average molecular weight is 515 g/mol. The highest BCUT2D eigenvalue weighted by Gasteiger charge is 2.56. The van der Waals surface area contributed by atoms with Crippen molar-refractivity contribution >= 4 is 35.6 Å². The number of amides is 4. The van der Waals surface area contributed by atoms with E-state index in [0.717, 1.165) is 0 Å². The molecule has 0 aliphatic carbocycles. The van der Waals surface area contributed by atoms with Crippen molar-refractivity contribution in [2.45, 2.75) is 11.6 Å². The summed E-state index contributed by atoms with van der Waals surface area (Å²) in [6.07, 6.45) is -1.04. The third kappa shape index (κ3) is 4.60. The van der Waals surface area contributed by atoms with Crippen LogP contribution in [0.1, 0.15) is 5.56 Å². The van der Waals surface area contributed by atoms with Gasteiger partial charge in [-0.1, -0.05) is 23.7 Å². The molecule has 0 spiro atoms. The van der Waals surface area contributed by atoms with Crippen molar-refractivity contribution in [3.05, 3.63) is 59.1 Å². The maximum atomic E-state index is 13.3. The lowest BCUT2D eigenvalue weighted by Gasteiger charge is -2.46. The second kappa shape index (κ2) is 9.76. The maximum Gasteiger partial charge on any atom is 0.508 e. The van der Waals surface area contributed by atoms with E-state index in [1.165, 1.54) is 0 Å². The zero-order valence-corrected chi connectivity index (χ0v) is 19.8. The zero-order valence-electron chi connectivity index (χ0n) is 19.1. The van der Waals surface area contributed by atoms with Gasteiger partial charge in [0.15, 0.2) is 6.10 Å².